The summed E-state index contributed by atoms with van der Waals surface area (Å²) < 4.78 is 0. The molecule has 0 aliphatic carbocycles. The molecule has 1 aliphatic heterocycles. The minimum Gasteiger partial charge on any atom is -0.338 e. The molecular formula is C11H19N3OS. The Labute approximate surface area is 101 Å². The maximum atomic E-state index is 11.6. The first-order valence-electron chi connectivity index (χ1n) is 5.51. The number of hydrogen-bond donors (Lipinski definition) is 1. The summed E-state index contributed by atoms with van der Waals surface area (Å²) in [6.45, 7) is 1.74. The molecular weight excluding hydrogens is 222 g/mol. The fraction of sp³-hybridized carbons (Fsp3) is 0.818. The normalized spacial score (nSPS) is 20.1. The van der Waals surface area contributed by atoms with Gasteiger partial charge in [0.2, 0.25) is 5.91 Å². The van der Waals surface area contributed by atoms with Crippen LogP contribution in [0.25, 0.3) is 0 Å². The highest BCUT2D eigenvalue weighted by Gasteiger charge is 2.34. The first kappa shape index (κ1) is 13.3. The molecule has 1 aliphatic rings. The Hall–Kier alpha value is -0.730. The first-order chi connectivity index (χ1) is 7.62. The Bertz CT molecular complexity index is 279. The van der Waals surface area contributed by atoms with Gasteiger partial charge in [0.25, 0.3) is 0 Å². The van der Waals surface area contributed by atoms with Crippen molar-refractivity contribution in [3.63, 3.8) is 0 Å². The predicted octanol–water partition coefficient (Wildman–Crippen LogP) is 0.844. The van der Waals surface area contributed by atoms with E-state index in [9.17, 15) is 10.1 Å². The van der Waals surface area contributed by atoms with Crippen LogP contribution in [0.15, 0.2) is 0 Å². The lowest BCUT2D eigenvalue weighted by Crippen LogP contribution is -2.53. The van der Waals surface area contributed by atoms with Gasteiger partial charge in [0.15, 0.2) is 0 Å². The molecule has 4 nitrogen and oxygen atoms in total. The first-order valence-corrected chi connectivity index (χ1v) is 6.91. The van der Waals surface area contributed by atoms with Gasteiger partial charge in [0.1, 0.15) is 5.54 Å². The Balaban J connectivity index is 2.48. The van der Waals surface area contributed by atoms with E-state index in [4.69, 9.17) is 0 Å². The van der Waals surface area contributed by atoms with Crippen LogP contribution >= 0.6 is 11.8 Å². The van der Waals surface area contributed by atoms with Crippen LogP contribution in [0.4, 0.5) is 0 Å². The number of nitrogens with zero attached hydrogens (tertiary/aromatic N) is 2. The third-order valence-corrected chi connectivity index (χ3v) is 3.58. The molecule has 16 heavy (non-hydrogen) atoms. The molecule has 0 radical (unpaired) electrons. The molecule has 1 rings (SSSR count). The Morgan fingerprint density at radius 1 is 1.56 bits per heavy atom. The van der Waals surface area contributed by atoms with Crippen molar-refractivity contribution in [2.75, 3.05) is 32.1 Å². The van der Waals surface area contributed by atoms with Gasteiger partial charge in [-0.2, -0.15) is 17.0 Å². The molecule has 90 valence electrons. The van der Waals surface area contributed by atoms with E-state index >= 15 is 0 Å². The van der Waals surface area contributed by atoms with Gasteiger partial charge in [0.05, 0.1) is 6.07 Å². The van der Waals surface area contributed by atoms with Crippen LogP contribution in [-0.4, -0.2) is 48.5 Å². The number of nitriles is 1. The lowest BCUT2D eigenvalue weighted by molar-refractivity contribution is -0.122. The second kappa shape index (κ2) is 6.12. The highest BCUT2D eigenvalue weighted by Crippen LogP contribution is 2.20. The van der Waals surface area contributed by atoms with Crippen molar-refractivity contribution < 1.29 is 4.79 Å². The van der Waals surface area contributed by atoms with Crippen molar-refractivity contribution in [3.8, 4) is 6.07 Å². The summed E-state index contributed by atoms with van der Waals surface area (Å²) in [5, 5.41) is 12.1. The average Bonchev–Trinajstić information content (AvgIpc) is 2.30. The highest BCUT2D eigenvalue weighted by molar-refractivity contribution is 7.98. The van der Waals surface area contributed by atoms with Gasteiger partial charge in [-0.25, -0.2) is 0 Å². The second-order valence-electron chi connectivity index (χ2n) is 4.29. The molecule has 1 saturated heterocycles. The molecule has 1 heterocycles. The van der Waals surface area contributed by atoms with Crippen LogP contribution in [0.5, 0.6) is 0 Å². The number of rotatable bonds is 4. The summed E-state index contributed by atoms with van der Waals surface area (Å²) in [6, 6.07) is 2.28. The molecule has 0 atom stereocenters. The van der Waals surface area contributed by atoms with E-state index in [2.05, 4.69) is 16.3 Å². The molecule has 1 amide bonds. The van der Waals surface area contributed by atoms with Gasteiger partial charge >= 0.3 is 0 Å². The highest BCUT2D eigenvalue weighted by atomic mass is 32.2. The summed E-state index contributed by atoms with van der Waals surface area (Å²) in [5.41, 5.74) is -0.623. The third-order valence-electron chi connectivity index (χ3n) is 2.97. The zero-order valence-electron chi connectivity index (χ0n) is 9.95. The van der Waals surface area contributed by atoms with Crippen molar-refractivity contribution in [1.82, 2.24) is 10.2 Å². The van der Waals surface area contributed by atoms with Gasteiger partial charge in [-0.15, -0.1) is 0 Å². The number of thioether (sulfide) groups is 1. The van der Waals surface area contributed by atoms with Gasteiger partial charge in [0, 0.05) is 25.3 Å². The van der Waals surface area contributed by atoms with Gasteiger partial charge in [-0.3, -0.25) is 4.79 Å². The monoisotopic (exact) mass is 241 g/mol. The fourth-order valence-corrected chi connectivity index (χ4v) is 2.18. The van der Waals surface area contributed by atoms with Crippen LogP contribution in [0.2, 0.25) is 0 Å². The quantitative estimate of drug-likeness (QED) is 0.792. The number of carbonyl (C=O) groups is 1. The molecule has 0 spiro atoms. The van der Waals surface area contributed by atoms with Crippen LogP contribution in [0.1, 0.15) is 19.3 Å². The van der Waals surface area contributed by atoms with Crippen molar-refractivity contribution in [2.24, 2.45) is 0 Å². The molecule has 0 unspecified atom stereocenters. The van der Waals surface area contributed by atoms with E-state index in [1.54, 1.807) is 11.8 Å². The number of carbonyl (C=O) groups excluding carboxylic acids is 1. The topological polar surface area (TPSA) is 56.1 Å². The smallest absolute Gasteiger partial charge is 0.222 e. The maximum absolute atomic E-state index is 11.6. The molecule has 0 aromatic heterocycles. The van der Waals surface area contributed by atoms with Gasteiger partial charge in [-0.1, -0.05) is 0 Å². The minimum absolute atomic E-state index is 0.000420. The zero-order chi connectivity index (χ0) is 12.0. The van der Waals surface area contributed by atoms with E-state index in [1.165, 1.54) is 0 Å². The molecule has 0 aromatic carbocycles. The number of piperidine rings is 1. The standard InChI is InChI=1S/C11H19N3OS/c1-14-6-4-11(9-12,5-7-14)13-10(15)3-8-16-2/h3-8H2,1-2H3,(H,13,15). The fourth-order valence-electron chi connectivity index (χ4n) is 1.79. The summed E-state index contributed by atoms with van der Waals surface area (Å²) >= 11 is 1.65. The van der Waals surface area contributed by atoms with Crippen molar-refractivity contribution in [2.45, 2.75) is 24.8 Å². The minimum atomic E-state index is -0.623. The van der Waals surface area contributed by atoms with Crippen molar-refractivity contribution in [3.05, 3.63) is 0 Å². The second-order valence-corrected chi connectivity index (χ2v) is 5.27. The van der Waals surface area contributed by atoms with Crippen LogP contribution in [-0.2, 0) is 4.79 Å². The summed E-state index contributed by atoms with van der Waals surface area (Å²) in [4.78, 5) is 13.8. The Morgan fingerprint density at radius 3 is 2.69 bits per heavy atom. The molecule has 5 heteroatoms. The Kier molecular flexibility index (Phi) is 5.10. The van der Waals surface area contributed by atoms with E-state index in [0.29, 0.717) is 6.42 Å². The average molecular weight is 241 g/mol. The number of likely N-dealkylation sites (tertiary alicyclic amines) is 1. The van der Waals surface area contributed by atoms with Crippen LogP contribution < -0.4 is 5.32 Å². The lowest BCUT2D eigenvalue weighted by Gasteiger charge is -2.36. The number of nitrogens with one attached hydrogen (secondary N) is 1. The van der Waals surface area contributed by atoms with E-state index in [0.717, 1.165) is 31.7 Å². The zero-order valence-corrected chi connectivity index (χ0v) is 10.8. The summed E-state index contributed by atoms with van der Waals surface area (Å²) in [5.74, 6) is 0.813. The molecule has 0 bridgehead atoms. The van der Waals surface area contributed by atoms with Crippen LogP contribution in [0, 0.1) is 11.3 Å². The van der Waals surface area contributed by atoms with Gasteiger partial charge in [-0.05, 0) is 26.1 Å². The van der Waals surface area contributed by atoms with Crippen molar-refractivity contribution >= 4 is 17.7 Å². The third kappa shape index (κ3) is 3.69. The largest absolute Gasteiger partial charge is 0.338 e. The van der Waals surface area contributed by atoms with Crippen LogP contribution in [0.3, 0.4) is 0 Å². The SMILES string of the molecule is CSCCC(=O)NC1(C#N)CCN(C)CC1. The molecule has 0 saturated carbocycles. The number of amides is 1. The number of hydrogen-bond acceptors (Lipinski definition) is 4. The molecule has 0 aromatic rings. The van der Waals surface area contributed by atoms with E-state index in [1.807, 2.05) is 13.3 Å². The summed E-state index contributed by atoms with van der Waals surface area (Å²) in [7, 11) is 2.04. The predicted molar refractivity (Wildman–Crippen MR) is 66.2 cm³/mol. The van der Waals surface area contributed by atoms with E-state index in [-0.39, 0.29) is 5.91 Å². The lowest BCUT2D eigenvalue weighted by atomic mass is 9.89. The van der Waals surface area contributed by atoms with E-state index < -0.39 is 5.54 Å². The van der Waals surface area contributed by atoms with Gasteiger partial charge < -0.3 is 10.2 Å². The molecule has 1 N–H and O–H groups in total. The maximum Gasteiger partial charge on any atom is 0.222 e. The Morgan fingerprint density at radius 2 is 2.19 bits per heavy atom. The summed E-state index contributed by atoms with van der Waals surface area (Å²) in [6.07, 6.45) is 3.93. The van der Waals surface area contributed by atoms with Crippen molar-refractivity contribution in [1.29, 1.82) is 5.26 Å². The molecule has 1 fully saturated rings.